The molecule has 4 nitrogen and oxygen atoms in total. The number of benzene rings is 2. The summed E-state index contributed by atoms with van der Waals surface area (Å²) >= 11 is 12.4. The molecule has 2 aromatic rings. The molecule has 0 fully saturated rings. The predicted molar refractivity (Wildman–Crippen MR) is 93.2 cm³/mol. The van der Waals surface area contributed by atoms with Crippen LogP contribution in [0.25, 0.3) is 0 Å². The summed E-state index contributed by atoms with van der Waals surface area (Å²) in [5.74, 6) is -1.81. The van der Waals surface area contributed by atoms with Gasteiger partial charge in [0.2, 0.25) is 0 Å². The van der Waals surface area contributed by atoms with Crippen LogP contribution in [0.5, 0.6) is 0 Å². The van der Waals surface area contributed by atoms with E-state index in [-0.39, 0.29) is 0 Å². The Labute approximate surface area is 143 Å². The number of aliphatic imine (C=N–C) groups is 1. The number of nitrogens with zero attached hydrogens (tertiary/aromatic N) is 1. The molecular weight excluding hydrogens is 335 g/mol. The third kappa shape index (κ3) is 2.92. The highest BCUT2D eigenvalue weighted by Gasteiger charge is 2.35. The van der Waals surface area contributed by atoms with Crippen LogP contribution in [0.4, 0.5) is 11.4 Å². The van der Waals surface area contributed by atoms with Crippen LogP contribution in [0.2, 0.25) is 10.0 Å². The topological polar surface area (TPSA) is 61.7 Å². The highest BCUT2D eigenvalue weighted by Crippen LogP contribution is 2.40. The molecule has 0 spiro atoms. The maximum absolute atomic E-state index is 11.9. The summed E-state index contributed by atoms with van der Waals surface area (Å²) in [7, 11) is 0. The second kappa shape index (κ2) is 6.22. The number of halogens is 2. The number of fused-ring (bicyclic) bond motifs is 1. The molecule has 2 atom stereocenters. The third-order valence-electron chi connectivity index (χ3n) is 3.88. The summed E-state index contributed by atoms with van der Waals surface area (Å²) in [4.78, 5) is 16.3. The molecule has 0 bridgehead atoms. The minimum atomic E-state index is -0.965. The molecular formula is C17H14Cl2N2O2. The van der Waals surface area contributed by atoms with E-state index >= 15 is 0 Å². The maximum atomic E-state index is 11.9. The lowest BCUT2D eigenvalue weighted by atomic mass is 9.89. The zero-order valence-corrected chi connectivity index (χ0v) is 13.8. The Balaban J connectivity index is 2.19. The number of para-hydroxylation sites is 2. The van der Waals surface area contributed by atoms with Gasteiger partial charge in [-0.25, -0.2) is 0 Å². The van der Waals surface area contributed by atoms with Gasteiger partial charge in [0.05, 0.1) is 27.5 Å². The second-order valence-corrected chi connectivity index (χ2v) is 6.14. The van der Waals surface area contributed by atoms with Crippen LogP contribution in [0, 0.1) is 5.92 Å². The van der Waals surface area contributed by atoms with Crippen LogP contribution < -0.4 is 5.32 Å². The number of hydrogen-bond acceptors (Lipinski definition) is 3. The molecule has 1 heterocycles. The summed E-state index contributed by atoms with van der Waals surface area (Å²) in [5, 5.41) is 13.7. The molecule has 23 heavy (non-hydrogen) atoms. The highest BCUT2D eigenvalue weighted by molar-refractivity contribution is 6.42. The summed E-state index contributed by atoms with van der Waals surface area (Å²) < 4.78 is 0. The van der Waals surface area contributed by atoms with Crippen molar-refractivity contribution >= 4 is 46.3 Å². The van der Waals surface area contributed by atoms with Gasteiger partial charge in [0.25, 0.3) is 0 Å². The van der Waals surface area contributed by atoms with E-state index in [0.29, 0.717) is 27.0 Å². The molecule has 0 aliphatic carbocycles. The molecule has 2 unspecified atom stereocenters. The Morgan fingerprint density at radius 2 is 1.91 bits per heavy atom. The van der Waals surface area contributed by atoms with E-state index in [4.69, 9.17) is 23.2 Å². The van der Waals surface area contributed by atoms with Crippen LogP contribution in [0.1, 0.15) is 18.5 Å². The molecule has 0 saturated heterocycles. The summed E-state index contributed by atoms with van der Waals surface area (Å²) in [5.41, 5.74) is 2.61. The van der Waals surface area contributed by atoms with Gasteiger partial charge in [-0.3, -0.25) is 9.79 Å². The lowest BCUT2D eigenvalue weighted by molar-refractivity contribution is -0.139. The zero-order chi connectivity index (χ0) is 16.6. The Morgan fingerprint density at radius 1 is 1.17 bits per heavy atom. The van der Waals surface area contributed by atoms with E-state index in [1.165, 1.54) is 0 Å². The van der Waals surface area contributed by atoms with Crippen molar-refractivity contribution in [1.29, 1.82) is 0 Å². The van der Waals surface area contributed by atoms with Gasteiger partial charge in [0.15, 0.2) is 0 Å². The van der Waals surface area contributed by atoms with Crippen molar-refractivity contribution in [3.8, 4) is 0 Å². The Bertz CT molecular complexity index is 805. The first-order chi connectivity index (χ1) is 11.0. The summed E-state index contributed by atoms with van der Waals surface area (Å²) in [6.07, 6.45) is 0. The Kier molecular flexibility index (Phi) is 4.28. The van der Waals surface area contributed by atoms with Gasteiger partial charge < -0.3 is 10.4 Å². The Hall–Kier alpha value is -2.04. The van der Waals surface area contributed by atoms with Gasteiger partial charge in [-0.15, -0.1) is 0 Å². The van der Waals surface area contributed by atoms with E-state index < -0.39 is 17.9 Å². The average molecular weight is 349 g/mol. The number of carboxylic acids is 1. The molecule has 0 saturated carbocycles. The number of aliphatic carboxylic acids is 1. The average Bonchev–Trinajstić information content (AvgIpc) is 2.65. The van der Waals surface area contributed by atoms with E-state index in [9.17, 15) is 9.90 Å². The molecule has 2 N–H and O–H groups in total. The predicted octanol–water partition coefficient (Wildman–Crippen LogP) is 4.95. The van der Waals surface area contributed by atoms with E-state index in [1.54, 1.807) is 25.1 Å². The fourth-order valence-corrected chi connectivity index (χ4v) is 3.21. The van der Waals surface area contributed by atoms with Crippen LogP contribution in [-0.2, 0) is 4.79 Å². The van der Waals surface area contributed by atoms with Gasteiger partial charge in [-0.1, -0.05) is 47.5 Å². The fourth-order valence-electron chi connectivity index (χ4n) is 2.78. The number of carboxylic acid groups (broad SMARTS) is 1. The maximum Gasteiger partial charge on any atom is 0.314 e. The number of hydrogen-bond donors (Lipinski definition) is 2. The molecule has 1 aliphatic heterocycles. The lowest BCUT2D eigenvalue weighted by Crippen LogP contribution is -2.32. The zero-order valence-electron chi connectivity index (χ0n) is 12.3. The molecule has 0 radical (unpaired) electrons. The number of carbonyl (C=O) groups is 1. The van der Waals surface area contributed by atoms with E-state index in [1.807, 2.05) is 24.3 Å². The highest BCUT2D eigenvalue weighted by atomic mass is 35.5. The fraction of sp³-hybridized carbons (Fsp3) is 0.176. The number of anilines is 1. The summed E-state index contributed by atoms with van der Waals surface area (Å²) in [6, 6.07) is 12.1. The largest absolute Gasteiger partial charge is 0.481 e. The van der Waals surface area contributed by atoms with Crippen molar-refractivity contribution in [2.24, 2.45) is 10.9 Å². The quantitative estimate of drug-likeness (QED) is 0.806. The van der Waals surface area contributed by atoms with Crippen LogP contribution in [-0.4, -0.2) is 16.8 Å². The molecule has 0 aromatic heterocycles. The third-order valence-corrected chi connectivity index (χ3v) is 4.71. The van der Waals surface area contributed by atoms with Crippen LogP contribution in [0.3, 0.4) is 0 Å². The van der Waals surface area contributed by atoms with E-state index in [0.717, 1.165) is 5.69 Å². The van der Waals surface area contributed by atoms with Gasteiger partial charge in [0, 0.05) is 5.71 Å². The van der Waals surface area contributed by atoms with Gasteiger partial charge in [0.1, 0.15) is 5.92 Å². The minimum Gasteiger partial charge on any atom is -0.481 e. The second-order valence-electron chi connectivity index (χ2n) is 5.35. The molecule has 2 aromatic carbocycles. The molecule has 118 valence electrons. The molecule has 1 aliphatic rings. The minimum absolute atomic E-state index is 0.352. The van der Waals surface area contributed by atoms with Crippen molar-refractivity contribution in [3.63, 3.8) is 0 Å². The van der Waals surface area contributed by atoms with Gasteiger partial charge >= 0.3 is 5.97 Å². The lowest BCUT2D eigenvalue weighted by Gasteiger charge is -2.25. The smallest absolute Gasteiger partial charge is 0.314 e. The first kappa shape index (κ1) is 15.8. The van der Waals surface area contributed by atoms with E-state index in [2.05, 4.69) is 10.3 Å². The van der Waals surface area contributed by atoms with Crippen molar-refractivity contribution in [1.82, 2.24) is 0 Å². The SMILES string of the molecule is CC1=Nc2ccccc2NC(c2cccc(Cl)c2Cl)C1C(=O)O. The monoisotopic (exact) mass is 348 g/mol. The molecule has 3 rings (SSSR count). The normalized spacial score (nSPS) is 20.0. The van der Waals surface area contributed by atoms with Gasteiger partial charge in [-0.2, -0.15) is 0 Å². The Morgan fingerprint density at radius 3 is 2.65 bits per heavy atom. The van der Waals surface area contributed by atoms with Crippen molar-refractivity contribution in [2.75, 3.05) is 5.32 Å². The van der Waals surface area contributed by atoms with Crippen molar-refractivity contribution in [2.45, 2.75) is 13.0 Å². The van der Waals surface area contributed by atoms with Crippen LogP contribution in [0.15, 0.2) is 47.5 Å². The van der Waals surface area contributed by atoms with Gasteiger partial charge in [-0.05, 0) is 30.7 Å². The first-order valence-corrected chi connectivity index (χ1v) is 7.82. The molecule has 0 amide bonds. The molecule has 6 heteroatoms. The van der Waals surface area contributed by atoms with Crippen molar-refractivity contribution < 1.29 is 9.90 Å². The van der Waals surface area contributed by atoms with Crippen LogP contribution >= 0.6 is 23.2 Å². The first-order valence-electron chi connectivity index (χ1n) is 7.06. The number of nitrogens with one attached hydrogen (secondary N) is 1. The standard InChI is InChI=1S/C17H14Cl2N2O2/c1-9-14(17(22)23)16(10-5-4-6-11(18)15(10)19)21-13-8-3-2-7-12(13)20-9/h2-8,14,16,21H,1H3,(H,22,23). The number of rotatable bonds is 2. The summed E-state index contributed by atoms with van der Waals surface area (Å²) in [6.45, 7) is 1.72. The van der Waals surface area contributed by atoms with Crippen molar-refractivity contribution in [3.05, 3.63) is 58.1 Å².